The highest BCUT2D eigenvalue weighted by molar-refractivity contribution is 9.10. The van der Waals surface area contributed by atoms with Crippen molar-refractivity contribution in [2.24, 2.45) is 0 Å². The van der Waals surface area contributed by atoms with Crippen LogP contribution < -0.4 is 0 Å². The molecule has 0 saturated heterocycles. The molecule has 0 aromatic carbocycles. The molecule has 0 N–H and O–H groups in total. The van der Waals surface area contributed by atoms with E-state index in [1.54, 1.807) is 17.6 Å². The van der Waals surface area contributed by atoms with Gasteiger partial charge in [0, 0.05) is 10.4 Å². The van der Waals surface area contributed by atoms with Gasteiger partial charge in [0.25, 0.3) is 0 Å². The molecule has 0 spiro atoms. The number of furan rings is 1. The van der Waals surface area contributed by atoms with Crippen LogP contribution in [0.1, 0.15) is 15.8 Å². The summed E-state index contributed by atoms with van der Waals surface area (Å²) >= 11 is 11.2. The molecule has 1 nitrogen and oxygen atoms in total. The fourth-order valence-electron chi connectivity index (χ4n) is 1.07. The standard InChI is InChI=1S/C9H6BrClOS/c10-9-6(3-4-12-9)8(11)7-2-1-5-13-7/h1-5,8H. The van der Waals surface area contributed by atoms with Crippen LogP contribution in [0.15, 0.2) is 38.9 Å². The third-order valence-electron chi connectivity index (χ3n) is 1.71. The molecule has 0 aliphatic rings. The second-order valence-corrected chi connectivity index (χ2v) is 4.66. The highest BCUT2D eigenvalue weighted by Crippen LogP contribution is 2.36. The molecule has 2 aromatic heterocycles. The van der Waals surface area contributed by atoms with Gasteiger partial charge < -0.3 is 4.42 Å². The average molecular weight is 278 g/mol. The summed E-state index contributed by atoms with van der Waals surface area (Å²) in [7, 11) is 0. The summed E-state index contributed by atoms with van der Waals surface area (Å²) in [6.07, 6.45) is 1.63. The SMILES string of the molecule is ClC(c1cccs1)c1ccoc1Br. The van der Waals surface area contributed by atoms with Crippen molar-refractivity contribution < 1.29 is 4.42 Å². The van der Waals surface area contributed by atoms with E-state index in [0.717, 1.165) is 10.4 Å². The van der Waals surface area contributed by atoms with Crippen LogP contribution in [0.5, 0.6) is 0 Å². The molecule has 1 unspecified atom stereocenters. The van der Waals surface area contributed by atoms with E-state index in [1.165, 1.54) is 0 Å². The molecule has 2 heterocycles. The second kappa shape index (κ2) is 3.86. The van der Waals surface area contributed by atoms with Gasteiger partial charge >= 0.3 is 0 Å². The molecule has 0 fully saturated rings. The van der Waals surface area contributed by atoms with Crippen molar-refractivity contribution in [1.29, 1.82) is 0 Å². The molecule has 0 bridgehead atoms. The Bertz CT molecular complexity index is 382. The Balaban J connectivity index is 2.33. The van der Waals surface area contributed by atoms with Gasteiger partial charge in [0.05, 0.1) is 11.6 Å². The second-order valence-electron chi connectivity index (χ2n) is 2.53. The maximum atomic E-state index is 6.24. The van der Waals surface area contributed by atoms with Crippen molar-refractivity contribution in [3.05, 3.63) is 45.0 Å². The van der Waals surface area contributed by atoms with E-state index < -0.39 is 0 Å². The molecule has 2 aromatic rings. The highest BCUT2D eigenvalue weighted by Gasteiger charge is 2.16. The summed E-state index contributed by atoms with van der Waals surface area (Å²) in [6.45, 7) is 0. The van der Waals surface area contributed by atoms with Gasteiger partial charge in [0.15, 0.2) is 4.67 Å². The lowest BCUT2D eigenvalue weighted by atomic mass is 10.2. The molecule has 4 heteroatoms. The summed E-state index contributed by atoms with van der Waals surface area (Å²) in [5, 5.41) is 1.90. The summed E-state index contributed by atoms with van der Waals surface area (Å²) in [6, 6.07) is 5.88. The Morgan fingerprint density at radius 3 is 2.85 bits per heavy atom. The number of halogens is 2. The smallest absolute Gasteiger partial charge is 0.173 e. The molecule has 13 heavy (non-hydrogen) atoms. The summed E-state index contributed by atoms with van der Waals surface area (Å²) in [4.78, 5) is 1.13. The molecule has 0 aliphatic carbocycles. The Hall–Kier alpha value is -0.250. The van der Waals surface area contributed by atoms with Crippen molar-refractivity contribution in [1.82, 2.24) is 0 Å². The monoisotopic (exact) mass is 276 g/mol. The third kappa shape index (κ3) is 1.82. The van der Waals surface area contributed by atoms with Crippen LogP contribution >= 0.6 is 38.9 Å². The fourth-order valence-corrected chi connectivity index (χ4v) is 2.79. The average Bonchev–Trinajstić information content (AvgIpc) is 2.72. The minimum Gasteiger partial charge on any atom is -0.457 e. The molecule has 0 amide bonds. The number of thiophene rings is 1. The molecule has 68 valence electrons. The molecule has 0 saturated carbocycles. The van der Waals surface area contributed by atoms with Crippen molar-refractivity contribution in [3.8, 4) is 0 Å². The van der Waals surface area contributed by atoms with Gasteiger partial charge in [-0.25, -0.2) is 0 Å². The number of rotatable bonds is 2. The van der Waals surface area contributed by atoms with E-state index in [9.17, 15) is 0 Å². The van der Waals surface area contributed by atoms with Crippen LogP contribution in [0.25, 0.3) is 0 Å². The van der Waals surface area contributed by atoms with Gasteiger partial charge in [0.2, 0.25) is 0 Å². The van der Waals surface area contributed by atoms with Gasteiger partial charge in [-0.15, -0.1) is 22.9 Å². The van der Waals surface area contributed by atoms with E-state index in [-0.39, 0.29) is 5.38 Å². The van der Waals surface area contributed by atoms with Crippen LogP contribution in [0.3, 0.4) is 0 Å². The topological polar surface area (TPSA) is 13.1 Å². The number of hydrogen-bond acceptors (Lipinski definition) is 2. The van der Waals surface area contributed by atoms with Crippen LogP contribution in [-0.2, 0) is 0 Å². The number of hydrogen-bond donors (Lipinski definition) is 0. The summed E-state index contributed by atoms with van der Waals surface area (Å²) in [5.41, 5.74) is 0.976. The number of alkyl halides is 1. The van der Waals surface area contributed by atoms with Crippen LogP contribution in [0.4, 0.5) is 0 Å². The molecular formula is C9H6BrClOS. The van der Waals surface area contributed by atoms with Crippen molar-refractivity contribution >= 4 is 38.9 Å². The molecule has 0 aliphatic heterocycles. The quantitative estimate of drug-likeness (QED) is 0.740. The Morgan fingerprint density at radius 1 is 1.46 bits per heavy atom. The van der Waals surface area contributed by atoms with Crippen molar-refractivity contribution in [2.45, 2.75) is 5.38 Å². The van der Waals surface area contributed by atoms with E-state index in [2.05, 4.69) is 15.9 Å². The maximum absolute atomic E-state index is 6.24. The first-order chi connectivity index (χ1) is 6.29. The van der Waals surface area contributed by atoms with Gasteiger partial charge in [-0.05, 0) is 33.4 Å². The minimum absolute atomic E-state index is 0.117. The van der Waals surface area contributed by atoms with Crippen LogP contribution in [-0.4, -0.2) is 0 Å². The lowest BCUT2D eigenvalue weighted by Gasteiger charge is -2.03. The maximum Gasteiger partial charge on any atom is 0.173 e. The highest BCUT2D eigenvalue weighted by atomic mass is 79.9. The lowest BCUT2D eigenvalue weighted by molar-refractivity contribution is 0.537. The predicted molar refractivity (Wildman–Crippen MR) is 58.4 cm³/mol. The van der Waals surface area contributed by atoms with E-state index >= 15 is 0 Å². The van der Waals surface area contributed by atoms with Gasteiger partial charge in [-0.2, -0.15) is 0 Å². The van der Waals surface area contributed by atoms with Crippen LogP contribution in [0, 0.1) is 0 Å². The molecule has 1 atom stereocenters. The van der Waals surface area contributed by atoms with Gasteiger partial charge in [0.1, 0.15) is 0 Å². The van der Waals surface area contributed by atoms with Crippen molar-refractivity contribution in [3.63, 3.8) is 0 Å². The Morgan fingerprint density at radius 2 is 2.31 bits per heavy atom. The first kappa shape index (κ1) is 9.31. The zero-order valence-corrected chi connectivity index (χ0v) is 9.69. The normalized spacial score (nSPS) is 13.1. The summed E-state index contributed by atoms with van der Waals surface area (Å²) < 4.78 is 5.83. The Labute approximate surface area is 93.5 Å². The zero-order chi connectivity index (χ0) is 9.26. The molecule has 2 rings (SSSR count). The van der Waals surface area contributed by atoms with Gasteiger partial charge in [-0.1, -0.05) is 6.07 Å². The van der Waals surface area contributed by atoms with E-state index in [0.29, 0.717) is 4.67 Å². The van der Waals surface area contributed by atoms with E-state index in [1.807, 2.05) is 23.6 Å². The van der Waals surface area contributed by atoms with Crippen molar-refractivity contribution in [2.75, 3.05) is 0 Å². The fraction of sp³-hybridized carbons (Fsp3) is 0.111. The molecule has 0 radical (unpaired) electrons. The predicted octanol–water partition coefficient (Wildman–Crippen LogP) is 4.43. The Kier molecular flexibility index (Phi) is 2.77. The molecular weight excluding hydrogens is 272 g/mol. The summed E-state index contributed by atoms with van der Waals surface area (Å²) in [5.74, 6) is 0. The minimum atomic E-state index is -0.117. The van der Waals surface area contributed by atoms with Crippen LogP contribution in [0.2, 0.25) is 0 Å². The zero-order valence-electron chi connectivity index (χ0n) is 6.54. The van der Waals surface area contributed by atoms with Gasteiger partial charge in [-0.3, -0.25) is 0 Å². The lowest BCUT2D eigenvalue weighted by Crippen LogP contribution is -1.87. The first-order valence-corrected chi connectivity index (χ1v) is 5.80. The first-order valence-electron chi connectivity index (χ1n) is 3.69. The largest absolute Gasteiger partial charge is 0.457 e. The van der Waals surface area contributed by atoms with E-state index in [4.69, 9.17) is 16.0 Å². The third-order valence-corrected chi connectivity index (χ3v) is 3.89.